The van der Waals surface area contributed by atoms with Crippen LogP contribution in [0.1, 0.15) is 30.7 Å². The average Bonchev–Trinajstić information content (AvgIpc) is 3.11. The quantitative estimate of drug-likeness (QED) is 0.829. The van der Waals surface area contributed by atoms with Crippen molar-refractivity contribution in [1.29, 1.82) is 0 Å². The van der Waals surface area contributed by atoms with Crippen molar-refractivity contribution in [3.05, 3.63) is 35.6 Å². The summed E-state index contributed by atoms with van der Waals surface area (Å²) in [6.45, 7) is 0. The van der Waals surface area contributed by atoms with Gasteiger partial charge >= 0.3 is 11.9 Å². The Morgan fingerprint density at radius 1 is 1.32 bits per heavy atom. The van der Waals surface area contributed by atoms with Gasteiger partial charge in [0.15, 0.2) is 0 Å². The van der Waals surface area contributed by atoms with Crippen molar-refractivity contribution in [2.75, 3.05) is 0 Å². The van der Waals surface area contributed by atoms with Crippen LogP contribution in [0.15, 0.2) is 24.3 Å². The lowest BCUT2D eigenvalue weighted by molar-refractivity contribution is -0.139. The lowest BCUT2D eigenvalue weighted by Crippen LogP contribution is -2.11. The highest BCUT2D eigenvalue weighted by atomic mass is 19.1. The van der Waals surface area contributed by atoms with Crippen LogP contribution in [-0.2, 0) is 9.59 Å². The van der Waals surface area contributed by atoms with E-state index in [0.717, 1.165) is 0 Å². The number of carbonyl (C=O) groups is 2. The highest BCUT2D eigenvalue weighted by Gasteiger charge is 2.48. The van der Waals surface area contributed by atoms with E-state index in [1.54, 1.807) is 18.2 Å². The maximum absolute atomic E-state index is 13.8. The molecule has 102 valence electrons. The van der Waals surface area contributed by atoms with Crippen molar-refractivity contribution in [3.8, 4) is 0 Å². The maximum Gasteiger partial charge on any atom is 0.306 e. The molecule has 1 aromatic carbocycles. The Bertz CT molecular complexity index is 500. The number of hydrogen-bond donors (Lipinski definition) is 2. The fourth-order valence-electron chi connectivity index (χ4n) is 2.60. The van der Waals surface area contributed by atoms with Crippen molar-refractivity contribution in [2.45, 2.75) is 25.2 Å². The van der Waals surface area contributed by atoms with Crippen LogP contribution >= 0.6 is 0 Å². The van der Waals surface area contributed by atoms with E-state index < -0.39 is 23.7 Å². The van der Waals surface area contributed by atoms with E-state index in [2.05, 4.69) is 0 Å². The van der Waals surface area contributed by atoms with Crippen LogP contribution in [0.25, 0.3) is 0 Å². The number of carboxylic acids is 2. The number of aliphatic carboxylic acids is 2. The molecule has 5 heteroatoms. The molecule has 0 aromatic heterocycles. The van der Waals surface area contributed by atoms with Gasteiger partial charge in [0.05, 0.1) is 5.92 Å². The highest BCUT2D eigenvalue weighted by molar-refractivity contribution is 5.74. The zero-order valence-electron chi connectivity index (χ0n) is 10.3. The first kappa shape index (κ1) is 13.5. The van der Waals surface area contributed by atoms with E-state index in [9.17, 15) is 14.0 Å². The molecule has 1 fully saturated rings. The summed E-state index contributed by atoms with van der Waals surface area (Å²) in [4.78, 5) is 21.6. The van der Waals surface area contributed by atoms with Crippen molar-refractivity contribution in [3.63, 3.8) is 0 Å². The molecule has 3 unspecified atom stereocenters. The monoisotopic (exact) mass is 266 g/mol. The molecule has 1 aromatic rings. The first-order valence-electron chi connectivity index (χ1n) is 6.19. The van der Waals surface area contributed by atoms with Crippen molar-refractivity contribution >= 4 is 11.9 Å². The standard InChI is InChI=1S/C14H15FO4/c15-12-4-2-1-3-9(12)8(5-6-13(16)17)10-7-11(10)14(18)19/h1-4,8,10-11H,5-7H2,(H,16,17)(H,18,19). The van der Waals surface area contributed by atoms with Crippen molar-refractivity contribution < 1.29 is 24.2 Å². The fourth-order valence-corrected chi connectivity index (χ4v) is 2.60. The molecule has 0 bridgehead atoms. The Balaban J connectivity index is 2.18. The SMILES string of the molecule is O=C(O)CCC(c1ccccc1F)C1CC1C(=O)O. The third-order valence-electron chi connectivity index (χ3n) is 3.65. The van der Waals surface area contributed by atoms with E-state index >= 15 is 0 Å². The normalized spacial score (nSPS) is 22.8. The second-order valence-corrected chi connectivity index (χ2v) is 4.90. The van der Waals surface area contributed by atoms with Gasteiger partial charge in [-0.3, -0.25) is 9.59 Å². The number of hydrogen-bond acceptors (Lipinski definition) is 2. The largest absolute Gasteiger partial charge is 0.481 e. The molecule has 0 saturated heterocycles. The minimum atomic E-state index is -0.950. The smallest absolute Gasteiger partial charge is 0.306 e. The second-order valence-electron chi connectivity index (χ2n) is 4.90. The van der Waals surface area contributed by atoms with Crippen LogP contribution in [0.2, 0.25) is 0 Å². The molecular weight excluding hydrogens is 251 g/mol. The van der Waals surface area contributed by atoms with Gasteiger partial charge in [-0.2, -0.15) is 0 Å². The third kappa shape index (κ3) is 3.10. The fraction of sp³-hybridized carbons (Fsp3) is 0.429. The van der Waals surface area contributed by atoms with Crippen molar-refractivity contribution in [2.24, 2.45) is 11.8 Å². The number of carboxylic acid groups (broad SMARTS) is 2. The van der Waals surface area contributed by atoms with Crippen LogP contribution in [0.5, 0.6) is 0 Å². The predicted molar refractivity (Wildman–Crippen MR) is 65.2 cm³/mol. The molecule has 0 heterocycles. The first-order chi connectivity index (χ1) is 9.00. The molecule has 2 N–H and O–H groups in total. The number of rotatable bonds is 6. The summed E-state index contributed by atoms with van der Waals surface area (Å²) in [7, 11) is 0. The van der Waals surface area contributed by atoms with Gasteiger partial charge in [-0.15, -0.1) is 0 Å². The van der Waals surface area contributed by atoms with Gasteiger partial charge in [0.25, 0.3) is 0 Å². The Morgan fingerprint density at radius 2 is 2.00 bits per heavy atom. The molecule has 19 heavy (non-hydrogen) atoms. The van der Waals surface area contributed by atoms with Gasteiger partial charge in [-0.05, 0) is 36.3 Å². The summed E-state index contributed by atoms with van der Waals surface area (Å²) < 4.78 is 13.8. The summed E-state index contributed by atoms with van der Waals surface area (Å²) in [6, 6.07) is 6.18. The Labute approximate surface area is 109 Å². The van der Waals surface area contributed by atoms with Crippen molar-refractivity contribution in [1.82, 2.24) is 0 Å². The molecule has 0 radical (unpaired) electrons. The zero-order chi connectivity index (χ0) is 14.0. The topological polar surface area (TPSA) is 74.6 Å². The predicted octanol–water partition coefficient (Wildman–Crippen LogP) is 2.49. The molecule has 1 saturated carbocycles. The molecule has 0 spiro atoms. The summed E-state index contributed by atoms with van der Waals surface area (Å²) in [5.41, 5.74) is 0.428. The molecule has 2 rings (SSSR count). The second kappa shape index (κ2) is 5.38. The van der Waals surface area contributed by atoms with E-state index in [-0.39, 0.29) is 24.7 Å². The van der Waals surface area contributed by atoms with Gasteiger partial charge < -0.3 is 10.2 Å². The molecule has 0 aliphatic heterocycles. The van der Waals surface area contributed by atoms with E-state index in [1.807, 2.05) is 0 Å². The summed E-state index contributed by atoms with van der Waals surface area (Å²) in [5.74, 6) is -3.20. The van der Waals surface area contributed by atoms with Crippen LogP contribution in [0, 0.1) is 17.7 Å². The van der Waals surface area contributed by atoms with Gasteiger partial charge in [0, 0.05) is 6.42 Å². The average molecular weight is 266 g/mol. The zero-order valence-corrected chi connectivity index (χ0v) is 10.3. The van der Waals surface area contributed by atoms with Crippen LogP contribution in [-0.4, -0.2) is 22.2 Å². The molecule has 1 aliphatic rings. The van der Waals surface area contributed by atoms with E-state index in [1.165, 1.54) is 6.07 Å². The van der Waals surface area contributed by atoms with Gasteiger partial charge in [-0.25, -0.2) is 4.39 Å². The van der Waals surface area contributed by atoms with Gasteiger partial charge in [0.2, 0.25) is 0 Å². The maximum atomic E-state index is 13.8. The molecular formula is C14H15FO4. The Kier molecular flexibility index (Phi) is 3.83. The number of halogens is 1. The molecule has 1 aliphatic carbocycles. The highest BCUT2D eigenvalue weighted by Crippen LogP contribution is 2.51. The summed E-state index contributed by atoms with van der Waals surface area (Å²) in [6.07, 6.45) is 0.681. The minimum absolute atomic E-state index is 0.0815. The summed E-state index contributed by atoms with van der Waals surface area (Å²) >= 11 is 0. The first-order valence-corrected chi connectivity index (χ1v) is 6.19. The van der Waals surface area contributed by atoms with Crippen LogP contribution in [0.3, 0.4) is 0 Å². The lowest BCUT2D eigenvalue weighted by Gasteiger charge is -2.17. The van der Waals surface area contributed by atoms with Crippen LogP contribution in [0.4, 0.5) is 4.39 Å². The van der Waals surface area contributed by atoms with E-state index in [0.29, 0.717) is 12.0 Å². The molecule has 3 atom stereocenters. The van der Waals surface area contributed by atoms with Gasteiger partial charge in [-0.1, -0.05) is 18.2 Å². The Hall–Kier alpha value is -1.91. The number of benzene rings is 1. The molecule has 4 nitrogen and oxygen atoms in total. The minimum Gasteiger partial charge on any atom is -0.481 e. The van der Waals surface area contributed by atoms with Crippen LogP contribution < -0.4 is 0 Å². The Morgan fingerprint density at radius 3 is 2.53 bits per heavy atom. The third-order valence-corrected chi connectivity index (χ3v) is 3.65. The lowest BCUT2D eigenvalue weighted by atomic mass is 9.88. The molecule has 0 amide bonds. The summed E-state index contributed by atoms with van der Waals surface area (Å²) in [5, 5.41) is 17.7. The van der Waals surface area contributed by atoms with E-state index in [4.69, 9.17) is 10.2 Å². The van der Waals surface area contributed by atoms with Gasteiger partial charge in [0.1, 0.15) is 5.82 Å².